The molecule has 1 aromatic carbocycles. The molecule has 0 radical (unpaired) electrons. The largest absolute Gasteiger partial charge is 0.380 e. The topological polar surface area (TPSA) is 35.2 Å². The molecule has 0 bridgehead atoms. The Kier molecular flexibility index (Phi) is 2.76. The van der Waals surface area contributed by atoms with Crippen LogP contribution in [0.2, 0.25) is 0 Å². The first-order valence-electron chi connectivity index (χ1n) is 5.18. The zero-order chi connectivity index (χ0) is 10.9. The van der Waals surface area contributed by atoms with E-state index in [0.717, 1.165) is 24.8 Å². The van der Waals surface area contributed by atoms with Gasteiger partial charge in [0, 0.05) is 18.2 Å². The molecule has 2 N–H and O–H groups in total. The number of benzene rings is 1. The predicted octanol–water partition coefficient (Wildman–Crippen LogP) is 2.01. The van der Waals surface area contributed by atoms with E-state index in [-0.39, 0.29) is 11.4 Å². The summed E-state index contributed by atoms with van der Waals surface area (Å²) in [6.45, 7) is 0.317. The molecule has 0 heterocycles. The van der Waals surface area contributed by atoms with E-state index in [9.17, 15) is 4.39 Å². The van der Waals surface area contributed by atoms with E-state index < -0.39 is 0 Å². The first-order chi connectivity index (χ1) is 7.13. The van der Waals surface area contributed by atoms with E-state index in [0.29, 0.717) is 12.2 Å². The van der Waals surface area contributed by atoms with Crippen molar-refractivity contribution in [2.24, 2.45) is 5.73 Å². The Balaban J connectivity index is 2.14. The fourth-order valence-corrected chi connectivity index (χ4v) is 1.75. The fraction of sp³-hybridized carbons (Fsp3) is 0.500. The van der Waals surface area contributed by atoms with Gasteiger partial charge in [-0.1, -0.05) is 12.1 Å². The second-order valence-electron chi connectivity index (χ2n) is 4.40. The highest BCUT2D eigenvalue weighted by Crippen LogP contribution is 2.35. The molecule has 1 saturated carbocycles. The molecule has 1 fully saturated rings. The Bertz CT molecular complexity index is 361. The van der Waals surface area contributed by atoms with Gasteiger partial charge in [-0.3, -0.25) is 0 Å². The fourth-order valence-electron chi connectivity index (χ4n) is 1.75. The molecule has 1 aliphatic rings. The van der Waals surface area contributed by atoms with Gasteiger partial charge >= 0.3 is 0 Å². The summed E-state index contributed by atoms with van der Waals surface area (Å²) in [5, 5.41) is 0. The first kappa shape index (κ1) is 10.6. The number of halogens is 1. The van der Waals surface area contributed by atoms with E-state index in [1.54, 1.807) is 13.2 Å². The summed E-state index contributed by atoms with van der Waals surface area (Å²) in [5.74, 6) is -0.206. The van der Waals surface area contributed by atoms with Crippen molar-refractivity contribution in [3.8, 4) is 0 Å². The number of hydrogen-bond acceptors (Lipinski definition) is 2. The Hall–Kier alpha value is -0.930. The van der Waals surface area contributed by atoms with Crippen LogP contribution in [0.25, 0.3) is 0 Å². The highest BCUT2D eigenvalue weighted by molar-refractivity contribution is 5.27. The van der Waals surface area contributed by atoms with Crippen molar-refractivity contribution >= 4 is 0 Å². The molecule has 0 amide bonds. The predicted molar refractivity (Wildman–Crippen MR) is 57.0 cm³/mol. The van der Waals surface area contributed by atoms with Crippen LogP contribution in [-0.4, -0.2) is 12.6 Å². The lowest BCUT2D eigenvalue weighted by Crippen LogP contribution is -2.24. The minimum atomic E-state index is -0.206. The lowest BCUT2D eigenvalue weighted by Gasteiger charge is -2.10. The maximum absolute atomic E-state index is 13.3. The van der Waals surface area contributed by atoms with E-state index in [2.05, 4.69) is 0 Å². The highest BCUT2D eigenvalue weighted by atomic mass is 19.1. The summed E-state index contributed by atoms with van der Waals surface area (Å²) in [4.78, 5) is 0. The first-order valence-corrected chi connectivity index (χ1v) is 5.18. The Morgan fingerprint density at radius 3 is 2.80 bits per heavy atom. The van der Waals surface area contributed by atoms with Crippen molar-refractivity contribution in [2.75, 3.05) is 7.11 Å². The van der Waals surface area contributed by atoms with Gasteiger partial charge in [0.2, 0.25) is 0 Å². The maximum Gasteiger partial charge on any atom is 0.128 e. The molecule has 2 rings (SSSR count). The van der Waals surface area contributed by atoms with Crippen molar-refractivity contribution in [2.45, 2.75) is 31.4 Å². The van der Waals surface area contributed by atoms with Crippen LogP contribution in [0.4, 0.5) is 4.39 Å². The molecule has 1 aliphatic carbocycles. The number of nitrogens with two attached hydrogens (primary N) is 1. The Labute approximate surface area is 89.2 Å². The van der Waals surface area contributed by atoms with Crippen LogP contribution in [0.3, 0.4) is 0 Å². The molecule has 2 nitrogen and oxygen atoms in total. The lowest BCUT2D eigenvalue weighted by atomic mass is 10.0. The van der Waals surface area contributed by atoms with E-state index >= 15 is 0 Å². The second-order valence-corrected chi connectivity index (χ2v) is 4.40. The van der Waals surface area contributed by atoms with Gasteiger partial charge in [-0.2, -0.15) is 0 Å². The van der Waals surface area contributed by atoms with Crippen LogP contribution in [0.15, 0.2) is 18.2 Å². The lowest BCUT2D eigenvalue weighted by molar-refractivity contribution is 0.181. The van der Waals surface area contributed by atoms with Crippen molar-refractivity contribution in [1.29, 1.82) is 0 Å². The van der Waals surface area contributed by atoms with Crippen molar-refractivity contribution < 1.29 is 9.13 Å². The van der Waals surface area contributed by atoms with Crippen molar-refractivity contribution in [3.63, 3.8) is 0 Å². The van der Waals surface area contributed by atoms with Gasteiger partial charge in [0.05, 0.1) is 6.61 Å². The van der Waals surface area contributed by atoms with Crippen LogP contribution in [0.5, 0.6) is 0 Å². The van der Waals surface area contributed by atoms with Crippen LogP contribution in [0, 0.1) is 5.82 Å². The smallest absolute Gasteiger partial charge is 0.128 e. The van der Waals surface area contributed by atoms with Crippen LogP contribution < -0.4 is 5.73 Å². The summed E-state index contributed by atoms with van der Waals surface area (Å²) < 4.78 is 18.2. The SMILES string of the molecule is COCc1cc(CC2(N)CC2)ccc1F. The third kappa shape index (κ3) is 2.55. The average Bonchev–Trinajstić information content (AvgIpc) is 2.90. The van der Waals surface area contributed by atoms with E-state index in [4.69, 9.17) is 10.5 Å². The van der Waals surface area contributed by atoms with Gasteiger partial charge in [0.15, 0.2) is 0 Å². The molecule has 3 heteroatoms. The van der Waals surface area contributed by atoms with Gasteiger partial charge in [-0.25, -0.2) is 4.39 Å². The van der Waals surface area contributed by atoms with Gasteiger partial charge in [-0.15, -0.1) is 0 Å². The molecule has 1 aromatic rings. The number of methoxy groups -OCH3 is 1. The molecule has 15 heavy (non-hydrogen) atoms. The molecule has 0 atom stereocenters. The van der Waals surface area contributed by atoms with E-state index in [1.165, 1.54) is 6.07 Å². The summed E-state index contributed by atoms with van der Waals surface area (Å²) in [7, 11) is 1.57. The zero-order valence-electron chi connectivity index (χ0n) is 8.92. The molecule has 0 unspecified atom stereocenters. The minimum Gasteiger partial charge on any atom is -0.380 e. The number of hydrogen-bond donors (Lipinski definition) is 1. The molecular weight excluding hydrogens is 193 g/mol. The van der Waals surface area contributed by atoms with Crippen LogP contribution >= 0.6 is 0 Å². The normalized spacial score (nSPS) is 17.8. The van der Waals surface area contributed by atoms with Crippen molar-refractivity contribution in [1.82, 2.24) is 0 Å². The standard InChI is InChI=1S/C12H16FNO/c1-15-8-10-6-9(2-3-11(10)13)7-12(14)4-5-12/h2-3,6H,4-5,7-8,14H2,1H3. The Morgan fingerprint density at radius 1 is 1.47 bits per heavy atom. The van der Waals surface area contributed by atoms with Gasteiger partial charge < -0.3 is 10.5 Å². The summed E-state index contributed by atoms with van der Waals surface area (Å²) in [5.41, 5.74) is 7.70. The molecule has 0 spiro atoms. The summed E-state index contributed by atoms with van der Waals surface area (Å²) in [6.07, 6.45) is 2.98. The third-order valence-corrected chi connectivity index (χ3v) is 2.86. The third-order valence-electron chi connectivity index (χ3n) is 2.86. The highest BCUT2D eigenvalue weighted by Gasteiger charge is 2.37. The average molecular weight is 209 g/mol. The number of rotatable bonds is 4. The summed E-state index contributed by atoms with van der Waals surface area (Å²) >= 11 is 0. The van der Waals surface area contributed by atoms with Gasteiger partial charge in [-0.05, 0) is 30.9 Å². The maximum atomic E-state index is 13.3. The molecule has 0 aromatic heterocycles. The van der Waals surface area contributed by atoms with Crippen molar-refractivity contribution in [3.05, 3.63) is 35.1 Å². The molecule has 0 aliphatic heterocycles. The number of ether oxygens (including phenoxy) is 1. The second kappa shape index (κ2) is 3.91. The van der Waals surface area contributed by atoms with Crippen LogP contribution in [0.1, 0.15) is 24.0 Å². The minimum absolute atomic E-state index is 0.0256. The molecule has 0 saturated heterocycles. The van der Waals surface area contributed by atoms with Gasteiger partial charge in [0.1, 0.15) is 5.82 Å². The van der Waals surface area contributed by atoms with Gasteiger partial charge in [0.25, 0.3) is 0 Å². The van der Waals surface area contributed by atoms with E-state index in [1.807, 2.05) is 6.07 Å². The quantitative estimate of drug-likeness (QED) is 0.823. The molecule has 82 valence electrons. The monoisotopic (exact) mass is 209 g/mol. The molecular formula is C12H16FNO. The summed E-state index contributed by atoms with van der Waals surface area (Å²) in [6, 6.07) is 5.16. The zero-order valence-corrected chi connectivity index (χ0v) is 8.92. The Morgan fingerprint density at radius 2 is 2.20 bits per heavy atom. The van der Waals surface area contributed by atoms with Crippen LogP contribution in [-0.2, 0) is 17.8 Å².